The SMILES string of the molecule is C[C@@H]1C[C@@H]1c1ccc(CN(C)C(=O)CCN2C(=O)[C@H]3CCCC[C@@H]3C2=O)o1. The molecule has 0 aromatic carbocycles. The van der Waals surface area contributed by atoms with Crippen LogP contribution in [0.15, 0.2) is 16.5 Å². The van der Waals surface area contributed by atoms with Crippen LogP contribution in [-0.2, 0) is 20.9 Å². The molecule has 0 radical (unpaired) electrons. The fraction of sp³-hybridized carbons (Fsp3) is 0.667. The third-order valence-electron chi connectivity index (χ3n) is 6.46. The second-order valence-corrected chi connectivity index (χ2v) is 8.45. The van der Waals surface area contributed by atoms with Crippen molar-refractivity contribution in [1.29, 1.82) is 0 Å². The molecule has 1 aliphatic heterocycles. The number of fused-ring (bicyclic) bond motifs is 1. The number of furan rings is 1. The molecule has 0 unspecified atom stereocenters. The predicted molar refractivity (Wildman–Crippen MR) is 98.5 cm³/mol. The van der Waals surface area contributed by atoms with Crippen molar-refractivity contribution >= 4 is 17.7 Å². The third kappa shape index (κ3) is 3.54. The minimum atomic E-state index is -0.148. The Labute approximate surface area is 159 Å². The van der Waals surface area contributed by atoms with Crippen molar-refractivity contribution in [1.82, 2.24) is 9.80 Å². The molecule has 6 nitrogen and oxygen atoms in total. The van der Waals surface area contributed by atoms with Crippen molar-refractivity contribution in [3.05, 3.63) is 23.7 Å². The lowest BCUT2D eigenvalue weighted by molar-refractivity contribution is -0.140. The van der Waals surface area contributed by atoms with E-state index in [-0.39, 0.29) is 42.5 Å². The second kappa shape index (κ2) is 7.13. The van der Waals surface area contributed by atoms with E-state index in [1.807, 2.05) is 12.1 Å². The van der Waals surface area contributed by atoms with Crippen LogP contribution in [0.2, 0.25) is 0 Å². The minimum absolute atomic E-state index is 0.0746. The summed E-state index contributed by atoms with van der Waals surface area (Å²) < 4.78 is 5.86. The number of hydrogen-bond acceptors (Lipinski definition) is 4. The summed E-state index contributed by atoms with van der Waals surface area (Å²) in [5, 5.41) is 0. The van der Waals surface area contributed by atoms with Gasteiger partial charge in [-0.15, -0.1) is 0 Å². The van der Waals surface area contributed by atoms with Crippen molar-refractivity contribution in [2.45, 2.75) is 57.9 Å². The van der Waals surface area contributed by atoms with Crippen LogP contribution in [0.3, 0.4) is 0 Å². The van der Waals surface area contributed by atoms with Gasteiger partial charge < -0.3 is 9.32 Å². The summed E-state index contributed by atoms with van der Waals surface area (Å²) in [6, 6.07) is 3.94. The number of amides is 3. The minimum Gasteiger partial charge on any atom is -0.464 e. The molecule has 27 heavy (non-hydrogen) atoms. The van der Waals surface area contributed by atoms with E-state index in [9.17, 15) is 14.4 Å². The van der Waals surface area contributed by atoms with E-state index >= 15 is 0 Å². The fourth-order valence-corrected chi connectivity index (χ4v) is 4.57. The van der Waals surface area contributed by atoms with E-state index in [0.29, 0.717) is 18.4 Å². The molecule has 1 saturated heterocycles. The summed E-state index contributed by atoms with van der Waals surface area (Å²) in [6.07, 6.45) is 4.98. The van der Waals surface area contributed by atoms with Gasteiger partial charge in [-0.25, -0.2) is 0 Å². The highest BCUT2D eigenvalue weighted by atomic mass is 16.3. The summed E-state index contributed by atoms with van der Waals surface area (Å²) in [6.45, 7) is 2.81. The van der Waals surface area contributed by atoms with Gasteiger partial charge in [-0.05, 0) is 37.3 Å². The van der Waals surface area contributed by atoms with Crippen LogP contribution < -0.4 is 0 Å². The van der Waals surface area contributed by atoms with Crippen LogP contribution in [0.5, 0.6) is 0 Å². The summed E-state index contributed by atoms with van der Waals surface area (Å²) in [7, 11) is 1.73. The number of imide groups is 1. The van der Waals surface area contributed by atoms with Crippen molar-refractivity contribution in [3.63, 3.8) is 0 Å². The van der Waals surface area contributed by atoms with Crippen LogP contribution in [0.4, 0.5) is 0 Å². The first-order chi connectivity index (χ1) is 13.0. The van der Waals surface area contributed by atoms with E-state index in [0.717, 1.165) is 37.2 Å². The molecule has 2 heterocycles. The Morgan fingerprint density at radius 1 is 1.15 bits per heavy atom. The average Bonchev–Trinajstić information content (AvgIpc) is 3.12. The molecule has 4 rings (SSSR count). The lowest BCUT2D eigenvalue weighted by atomic mass is 9.81. The predicted octanol–water partition coefficient (Wildman–Crippen LogP) is 2.93. The van der Waals surface area contributed by atoms with Gasteiger partial charge in [0, 0.05) is 25.9 Å². The number of nitrogens with zero attached hydrogens (tertiary/aromatic N) is 2. The molecule has 2 aliphatic carbocycles. The number of rotatable bonds is 6. The zero-order chi connectivity index (χ0) is 19.1. The van der Waals surface area contributed by atoms with Gasteiger partial charge in [-0.2, -0.15) is 0 Å². The standard InChI is InChI=1S/C21H28N2O4/c1-13-11-17(13)18-8-7-14(27-18)12-22(2)19(24)9-10-23-20(25)15-5-3-4-6-16(15)21(23)26/h7-8,13,15-17H,3-6,9-12H2,1-2H3/t13-,15+,16+,17+/m1/s1. The molecule has 0 bridgehead atoms. The lowest BCUT2D eigenvalue weighted by Crippen LogP contribution is -2.36. The maximum atomic E-state index is 12.5. The van der Waals surface area contributed by atoms with Crippen molar-refractivity contribution in [2.75, 3.05) is 13.6 Å². The van der Waals surface area contributed by atoms with Gasteiger partial charge in [0.05, 0.1) is 18.4 Å². The Morgan fingerprint density at radius 2 is 1.78 bits per heavy atom. The molecule has 3 fully saturated rings. The normalized spacial score (nSPS) is 29.8. The van der Waals surface area contributed by atoms with E-state index < -0.39 is 0 Å². The highest BCUT2D eigenvalue weighted by Gasteiger charge is 2.47. The topological polar surface area (TPSA) is 70.8 Å². The summed E-state index contributed by atoms with van der Waals surface area (Å²) in [5.74, 6) is 2.47. The molecule has 1 aromatic rings. The number of likely N-dealkylation sites (tertiary alicyclic amines) is 1. The third-order valence-corrected chi connectivity index (χ3v) is 6.46. The lowest BCUT2D eigenvalue weighted by Gasteiger charge is -2.19. The van der Waals surface area contributed by atoms with Crippen molar-refractivity contribution < 1.29 is 18.8 Å². The fourth-order valence-electron chi connectivity index (χ4n) is 4.57. The molecule has 0 spiro atoms. The Hall–Kier alpha value is -2.11. The quantitative estimate of drug-likeness (QED) is 0.720. The smallest absolute Gasteiger partial charge is 0.233 e. The first-order valence-corrected chi connectivity index (χ1v) is 10.1. The maximum Gasteiger partial charge on any atom is 0.233 e. The summed E-state index contributed by atoms with van der Waals surface area (Å²) in [4.78, 5) is 40.4. The second-order valence-electron chi connectivity index (χ2n) is 8.45. The number of carbonyl (C=O) groups excluding carboxylic acids is 3. The number of hydrogen-bond donors (Lipinski definition) is 0. The Balaban J connectivity index is 1.29. The van der Waals surface area contributed by atoms with Crippen LogP contribution in [0, 0.1) is 17.8 Å². The Bertz CT molecular complexity index is 731. The molecule has 2 saturated carbocycles. The first-order valence-electron chi connectivity index (χ1n) is 10.1. The molecule has 1 aromatic heterocycles. The zero-order valence-electron chi connectivity index (χ0n) is 16.1. The molecule has 146 valence electrons. The highest BCUT2D eigenvalue weighted by molar-refractivity contribution is 6.05. The monoisotopic (exact) mass is 372 g/mol. The van der Waals surface area contributed by atoms with Gasteiger partial charge in [0.2, 0.25) is 17.7 Å². The van der Waals surface area contributed by atoms with Gasteiger partial charge in [0.15, 0.2) is 0 Å². The molecular formula is C21H28N2O4. The van der Waals surface area contributed by atoms with Crippen molar-refractivity contribution in [2.24, 2.45) is 17.8 Å². The van der Waals surface area contributed by atoms with Crippen molar-refractivity contribution in [3.8, 4) is 0 Å². The molecule has 4 atom stereocenters. The first kappa shape index (κ1) is 18.3. The van der Waals surface area contributed by atoms with Gasteiger partial charge >= 0.3 is 0 Å². The van der Waals surface area contributed by atoms with Crippen LogP contribution in [0.1, 0.15) is 62.9 Å². The van der Waals surface area contributed by atoms with Crippen LogP contribution >= 0.6 is 0 Å². The van der Waals surface area contributed by atoms with Gasteiger partial charge in [-0.1, -0.05) is 19.8 Å². The van der Waals surface area contributed by atoms with Gasteiger partial charge in [-0.3, -0.25) is 19.3 Å². The molecule has 6 heteroatoms. The van der Waals surface area contributed by atoms with E-state index in [1.165, 1.54) is 11.3 Å². The number of carbonyl (C=O) groups is 3. The van der Waals surface area contributed by atoms with E-state index in [4.69, 9.17) is 4.42 Å². The molecular weight excluding hydrogens is 344 g/mol. The Morgan fingerprint density at radius 3 is 2.37 bits per heavy atom. The van der Waals surface area contributed by atoms with Gasteiger partial charge in [0.25, 0.3) is 0 Å². The molecule has 0 N–H and O–H groups in total. The zero-order valence-corrected chi connectivity index (χ0v) is 16.1. The summed E-state index contributed by atoms with van der Waals surface area (Å²) in [5.41, 5.74) is 0. The Kier molecular flexibility index (Phi) is 4.82. The molecule has 3 amide bonds. The highest BCUT2D eigenvalue weighted by Crippen LogP contribution is 2.47. The molecule has 3 aliphatic rings. The average molecular weight is 372 g/mol. The van der Waals surface area contributed by atoms with E-state index in [1.54, 1.807) is 11.9 Å². The van der Waals surface area contributed by atoms with Gasteiger partial charge in [0.1, 0.15) is 11.5 Å². The maximum absolute atomic E-state index is 12.5. The largest absolute Gasteiger partial charge is 0.464 e. The summed E-state index contributed by atoms with van der Waals surface area (Å²) >= 11 is 0. The van der Waals surface area contributed by atoms with E-state index in [2.05, 4.69) is 6.92 Å². The van der Waals surface area contributed by atoms with Crippen LogP contribution in [0.25, 0.3) is 0 Å². The van der Waals surface area contributed by atoms with Crippen LogP contribution in [-0.4, -0.2) is 41.1 Å².